The maximum Gasteiger partial charge on any atom is 0.253 e. The number of nitrogens with zero attached hydrogens (tertiary/aromatic N) is 5. The number of likely N-dealkylation sites (tertiary alicyclic amines) is 1. The summed E-state index contributed by atoms with van der Waals surface area (Å²) < 4.78 is 12.7. The molecule has 0 bridgehead atoms. The Bertz CT molecular complexity index is 733. The van der Waals surface area contributed by atoms with Crippen molar-refractivity contribution in [2.75, 3.05) is 40.0 Å². The number of rotatable bonds is 5. The first-order valence-corrected chi connectivity index (χ1v) is 8.36. The van der Waals surface area contributed by atoms with Crippen molar-refractivity contribution in [1.29, 1.82) is 0 Å². The number of aromatic nitrogens is 4. The van der Waals surface area contributed by atoms with Crippen molar-refractivity contribution in [3.8, 4) is 0 Å². The summed E-state index contributed by atoms with van der Waals surface area (Å²) in [4.78, 5) is 14.8. The number of tetrazole rings is 1. The van der Waals surface area contributed by atoms with Crippen molar-refractivity contribution in [3.63, 3.8) is 0 Å². The fraction of sp³-hybridized carbons (Fsp3) is 0.529. The van der Waals surface area contributed by atoms with Gasteiger partial charge >= 0.3 is 0 Å². The van der Waals surface area contributed by atoms with Gasteiger partial charge in [0.05, 0.1) is 26.4 Å². The van der Waals surface area contributed by atoms with E-state index in [2.05, 4.69) is 15.5 Å². The Morgan fingerprint density at radius 2 is 2.24 bits per heavy atom. The third kappa shape index (κ3) is 3.03. The molecule has 0 unspecified atom stereocenters. The standard InChI is InChI=1S/C17H21N5O3/c1-24-10-17-9-21(7-15(17)8-25-11-17)16(23)14-4-2-13(3-5-14)6-22-12-18-19-20-22/h2-5,12,15H,6-11H2,1H3/t15-,17-/m0/s1. The van der Waals surface area contributed by atoms with Gasteiger partial charge in [0.25, 0.3) is 5.91 Å². The molecule has 1 aromatic carbocycles. The number of carbonyl (C=O) groups is 1. The molecule has 1 aromatic heterocycles. The van der Waals surface area contributed by atoms with Gasteiger partial charge in [0, 0.05) is 37.1 Å². The third-order valence-corrected chi connectivity index (χ3v) is 5.18. The number of benzene rings is 1. The lowest BCUT2D eigenvalue weighted by molar-refractivity contribution is 0.0489. The fourth-order valence-corrected chi connectivity index (χ4v) is 3.85. The van der Waals surface area contributed by atoms with E-state index in [-0.39, 0.29) is 11.3 Å². The van der Waals surface area contributed by atoms with Gasteiger partial charge in [-0.25, -0.2) is 4.68 Å². The molecule has 8 heteroatoms. The monoisotopic (exact) mass is 343 g/mol. The first kappa shape index (κ1) is 16.2. The topological polar surface area (TPSA) is 82.4 Å². The molecule has 0 saturated carbocycles. The molecule has 2 aliphatic rings. The molecule has 4 rings (SSSR count). The molecule has 3 heterocycles. The van der Waals surface area contributed by atoms with Crippen molar-refractivity contribution in [1.82, 2.24) is 25.1 Å². The molecule has 0 radical (unpaired) electrons. The molecule has 1 amide bonds. The van der Waals surface area contributed by atoms with E-state index in [1.54, 1.807) is 18.1 Å². The number of hydrogen-bond acceptors (Lipinski definition) is 6. The lowest BCUT2D eigenvalue weighted by atomic mass is 9.82. The Labute approximate surface area is 145 Å². The number of hydrogen-bond donors (Lipinski definition) is 0. The van der Waals surface area contributed by atoms with E-state index in [0.29, 0.717) is 44.4 Å². The van der Waals surface area contributed by atoms with E-state index in [4.69, 9.17) is 9.47 Å². The highest BCUT2D eigenvalue weighted by Crippen LogP contribution is 2.41. The summed E-state index contributed by atoms with van der Waals surface area (Å²) in [6.45, 7) is 4.01. The number of methoxy groups -OCH3 is 1. The van der Waals surface area contributed by atoms with Gasteiger partial charge in [-0.1, -0.05) is 12.1 Å². The minimum atomic E-state index is -0.0511. The largest absolute Gasteiger partial charge is 0.384 e. The smallest absolute Gasteiger partial charge is 0.253 e. The average molecular weight is 343 g/mol. The molecular formula is C17H21N5O3. The summed E-state index contributed by atoms with van der Waals surface area (Å²) in [6, 6.07) is 7.63. The molecule has 2 saturated heterocycles. The van der Waals surface area contributed by atoms with Gasteiger partial charge in [-0.2, -0.15) is 0 Å². The first-order valence-electron chi connectivity index (χ1n) is 8.36. The molecule has 0 aliphatic carbocycles. The van der Waals surface area contributed by atoms with E-state index < -0.39 is 0 Å². The number of amides is 1. The Morgan fingerprint density at radius 3 is 2.96 bits per heavy atom. The van der Waals surface area contributed by atoms with Crippen molar-refractivity contribution >= 4 is 5.91 Å². The Morgan fingerprint density at radius 1 is 1.40 bits per heavy atom. The molecule has 8 nitrogen and oxygen atoms in total. The number of carbonyl (C=O) groups excluding carboxylic acids is 1. The highest BCUT2D eigenvalue weighted by molar-refractivity contribution is 5.94. The Kier molecular flexibility index (Phi) is 4.22. The van der Waals surface area contributed by atoms with Crippen molar-refractivity contribution < 1.29 is 14.3 Å². The Balaban J connectivity index is 1.44. The van der Waals surface area contributed by atoms with Crippen LogP contribution in [0.2, 0.25) is 0 Å². The minimum Gasteiger partial charge on any atom is -0.384 e. The van der Waals surface area contributed by atoms with Gasteiger partial charge in [-0.15, -0.1) is 5.10 Å². The quantitative estimate of drug-likeness (QED) is 0.784. The van der Waals surface area contributed by atoms with Crippen LogP contribution in [0.1, 0.15) is 15.9 Å². The molecule has 25 heavy (non-hydrogen) atoms. The highest BCUT2D eigenvalue weighted by Gasteiger charge is 2.51. The van der Waals surface area contributed by atoms with Crippen LogP contribution in [-0.4, -0.2) is 71.0 Å². The maximum atomic E-state index is 12.9. The molecule has 132 valence electrons. The zero-order valence-corrected chi connectivity index (χ0v) is 14.2. The predicted molar refractivity (Wildman–Crippen MR) is 87.9 cm³/mol. The Hall–Kier alpha value is -2.32. The normalized spacial score (nSPS) is 25.3. The fourth-order valence-electron chi connectivity index (χ4n) is 3.85. The minimum absolute atomic E-state index is 0.0511. The number of ether oxygens (including phenoxy) is 2. The molecule has 2 aromatic rings. The van der Waals surface area contributed by atoms with Crippen LogP contribution in [0.4, 0.5) is 0 Å². The second-order valence-corrected chi connectivity index (χ2v) is 6.90. The van der Waals surface area contributed by atoms with Crippen molar-refractivity contribution in [2.24, 2.45) is 11.3 Å². The summed E-state index contributed by atoms with van der Waals surface area (Å²) in [7, 11) is 1.71. The van der Waals surface area contributed by atoms with Crippen LogP contribution in [-0.2, 0) is 16.0 Å². The van der Waals surface area contributed by atoms with Crippen LogP contribution in [0.15, 0.2) is 30.6 Å². The first-order chi connectivity index (χ1) is 12.2. The summed E-state index contributed by atoms with van der Waals surface area (Å²) in [5.74, 6) is 0.425. The van der Waals surface area contributed by atoms with Crippen LogP contribution >= 0.6 is 0 Å². The van der Waals surface area contributed by atoms with Gasteiger partial charge in [-0.3, -0.25) is 4.79 Å². The third-order valence-electron chi connectivity index (χ3n) is 5.18. The molecular weight excluding hydrogens is 322 g/mol. The van der Waals surface area contributed by atoms with Crippen LogP contribution in [0.25, 0.3) is 0 Å². The van der Waals surface area contributed by atoms with Crippen LogP contribution in [0, 0.1) is 11.3 Å². The summed E-state index contributed by atoms with van der Waals surface area (Å²) in [5.41, 5.74) is 1.70. The molecule has 2 aliphatic heterocycles. The van der Waals surface area contributed by atoms with Gasteiger partial charge in [0.15, 0.2) is 0 Å². The zero-order valence-electron chi connectivity index (χ0n) is 14.2. The van der Waals surface area contributed by atoms with Crippen molar-refractivity contribution in [2.45, 2.75) is 6.54 Å². The molecule has 0 N–H and O–H groups in total. The van der Waals surface area contributed by atoms with E-state index in [0.717, 1.165) is 12.1 Å². The number of fused-ring (bicyclic) bond motifs is 1. The second kappa shape index (κ2) is 6.53. The van der Waals surface area contributed by atoms with Gasteiger partial charge in [0.1, 0.15) is 6.33 Å². The van der Waals surface area contributed by atoms with Crippen LogP contribution < -0.4 is 0 Å². The predicted octanol–water partition coefficient (Wildman–Crippen LogP) is 0.456. The lowest BCUT2D eigenvalue weighted by Crippen LogP contribution is -2.37. The van der Waals surface area contributed by atoms with Gasteiger partial charge in [0.2, 0.25) is 0 Å². The highest BCUT2D eigenvalue weighted by atomic mass is 16.5. The van der Waals surface area contributed by atoms with E-state index in [1.807, 2.05) is 29.2 Å². The second-order valence-electron chi connectivity index (χ2n) is 6.90. The molecule has 2 atom stereocenters. The van der Waals surface area contributed by atoms with E-state index >= 15 is 0 Å². The maximum absolute atomic E-state index is 12.9. The van der Waals surface area contributed by atoms with Crippen molar-refractivity contribution in [3.05, 3.63) is 41.7 Å². The average Bonchev–Trinajstić information content (AvgIpc) is 3.31. The SMILES string of the molecule is COC[C@@]12COC[C@@H]1CN(C(=O)c1ccc(Cn3cnnn3)cc1)C2. The summed E-state index contributed by atoms with van der Waals surface area (Å²) in [6.07, 6.45) is 1.57. The summed E-state index contributed by atoms with van der Waals surface area (Å²) in [5, 5.41) is 11.1. The van der Waals surface area contributed by atoms with E-state index in [9.17, 15) is 4.79 Å². The zero-order chi connectivity index (χ0) is 17.3. The van der Waals surface area contributed by atoms with Gasteiger partial charge in [-0.05, 0) is 28.1 Å². The van der Waals surface area contributed by atoms with Crippen LogP contribution in [0.3, 0.4) is 0 Å². The molecule has 2 fully saturated rings. The molecule has 0 spiro atoms. The lowest BCUT2D eigenvalue weighted by Gasteiger charge is -2.26. The van der Waals surface area contributed by atoms with Crippen LogP contribution in [0.5, 0.6) is 0 Å². The summed E-state index contributed by atoms with van der Waals surface area (Å²) >= 11 is 0. The van der Waals surface area contributed by atoms with E-state index in [1.165, 1.54) is 0 Å². The van der Waals surface area contributed by atoms with Gasteiger partial charge < -0.3 is 14.4 Å².